The van der Waals surface area contributed by atoms with Crippen molar-refractivity contribution in [2.75, 3.05) is 6.61 Å². The van der Waals surface area contributed by atoms with Gasteiger partial charge >= 0.3 is 6.09 Å². The summed E-state index contributed by atoms with van der Waals surface area (Å²) in [5, 5.41) is 0.0694. The molecule has 2 rings (SSSR count). The van der Waals surface area contributed by atoms with Crippen LogP contribution in [0.2, 0.25) is 18.1 Å². The normalized spacial score (nSPS) is 17.6. The number of nitrogens with zero attached hydrogens (tertiary/aromatic N) is 2. The molecule has 1 aromatic rings. The van der Waals surface area contributed by atoms with Crippen molar-refractivity contribution in [3.63, 3.8) is 0 Å². The van der Waals surface area contributed by atoms with Gasteiger partial charge in [-0.3, -0.25) is 14.7 Å². The lowest BCUT2D eigenvalue weighted by Gasteiger charge is -2.38. The van der Waals surface area contributed by atoms with E-state index in [4.69, 9.17) is 9.16 Å². The number of amides is 1. The second-order valence-electron chi connectivity index (χ2n) is 9.63. The van der Waals surface area contributed by atoms with E-state index >= 15 is 0 Å². The van der Waals surface area contributed by atoms with Crippen molar-refractivity contribution < 1.29 is 18.8 Å². The van der Waals surface area contributed by atoms with Gasteiger partial charge in [-0.05, 0) is 50.5 Å². The van der Waals surface area contributed by atoms with Gasteiger partial charge in [-0.2, -0.15) is 0 Å². The van der Waals surface area contributed by atoms with Gasteiger partial charge in [0, 0.05) is 11.8 Å². The first-order chi connectivity index (χ1) is 12.2. The highest BCUT2D eigenvalue weighted by atomic mass is 28.4. The SMILES string of the molecule is CC(C)(C)OC(=O)N1Cc2cc(C=O)cnc2C1CO[Si](C)(C)C(C)(C)C. The lowest BCUT2D eigenvalue weighted by atomic mass is 10.1. The molecule has 1 aliphatic heterocycles. The first-order valence-electron chi connectivity index (χ1n) is 9.33. The highest BCUT2D eigenvalue weighted by Crippen LogP contribution is 2.39. The monoisotopic (exact) mass is 392 g/mol. The molecule has 1 aliphatic rings. The summed E-state index contributed by atoms with van der Waals surface area (Å²) in [6.45, 7) is 17.2. The maximum atomic E-state index is 12.8. The molecule has 0 radical (unpaired) electrons. The second-order valence-corrected chi connectivity index (χ2v) is 14.4. The molecule has 7 heteroatoms. The van der Waals surface area contributed by atoms with Gasteiger partial charge in [-0.25, -0.2) is 4.79 Å². The van der Waals surface area contributed by atoms with Crippen LogP contribution in [-0.2, 0) is 15.7 Å². The van der Waals surface area contributed by atoms with E-state index in [0.29, 0.717) is 18.7 Å². The molecular formula is C20H32N2O4Si. The summed E-state index contributed by atoms with van der Waals surface area (Å²) >= 11 is 0. The quantitative estimate of drug-likeness (QED) is 0.548. The Kier molecular flexibility index (Phi) is 5.87. The maximum Gasteiger partial charge on any atom is 0.411 e. The Morgan fingerprint density at radius 3 is 2.44 bits per heavy atom. The van der Waals surface area contributed by atoms with Gasteiger partial charge < -0.3 is 9.16 Å². The average molecular weight is 393 g/mol. The molecule has 1 aromatic heterocycles. The zero-order valence-corrected chi connectivity index (χ0v) is 18.8. The molecule has 0 bridgehead atoms. The fraction of sp³-hybridized carbons (Fsp3) is 0.650. The van der Waals surface area contributed by atoms with E-state index in [9.17, 15) is 9.59 Å². The van der Waals surface area contributed by atoms with Gasteiger partial charge in [-0.1, -0.05) is 20.8 Å². The van der Waals surface area contributed by atoms with Crippen LogP contribution < -0.4 is 0 Å². The van der Waals surface area contributed by atoms with Crippen LogP contribution in [0.5, 0.6) is 0 Å². The number of aldehydes is 1. The van der Waals surface area contributed by atoms with Crippen molar-refractivity contribution >= 4 is 20.7 Å². The topological polar surface area (TPSA) is 68.7 Å². The van der Waals surface area contributed by atoms with Crippen molar-refractivity contribution in [3.8, 4) is 0 Å². The predicted octanol–water partition coefficient (Wildman–Crippen LogP) is 4.71. The number of hydrogen-bond acceptors (Lipinski definition) is 5. The van der Waals surface area contributed by atoms with Crippen LogP contribution in [0.1, 0.15) is 69.2 Å². The van der Waals surface area contributed by atoms with Crippen molar-refractivity contribution in [2.45, 2.75) is 77.9 Å². The molecule has 0 spiro atoms. The third-order valence-electron chi connectivity index (χ3n) is 5.23. The Balaban J connectivity index is 2.30. The van der Waals surface area contributed by atoms with Gasteiger partial charge in [0.15, 0.2) is 14.6 Å². The second kappa shape index (κ2) is 7.35. The van der Waals surface area contributed by atoms with E-state index in [0.717, 1.165) is 17.5 Å². The molecule has 0 saturated heterocycles. The van der Waals surface area contributed by atoms with Crippen LogP contribution >= 0.6 is 0 Å². The molecule has 150 valence electrons. The van der Waals surface area contributed by atoms with Crippen molar-refractivity contribution in [3.05, 3.63) is 29.1 Å². The van der Waals surface area contributed by atoms with E-state index in [1.165, 1.54) is 0 Å². The number of aromatic nitrogens is 1. The van der Waals surface area contributed by atoms with E-state index in [1.54, 1.807) is 17.2 Å². The minimum atomic E-state index is -1.99. The van der Waals surface area contributed by atoms with Crippen LogP contribution in [0.4, 0.5) is 4.79 Å². The standard InChI is InChI=1S/C20H32N2O4Si/c1-19(2,3)26-18(24)22-11-15-9-14(12-23)10-21-17(15)16(22)13-25-27(7,8)20(4,5)6/h9-10,12,16H,11,13H2,1-8H3. The number of pyridine rings is 1. The summed E-state index contributed by atoms with van der Waals surface area (Å²) in [6.07, 6.45) is 1.92. The summed E-state index contributed by atoms with van der Waals surface area (Å²) in [5.41, 5.74) is 1.57. The molecule has 0 fully saturated rings. The highest BCUT2D eigenvalue weighted by molar-refractivity contribution is 6.74. The van der Waals surface area contributed by atoms with Crippen molar-refractivity contribution in [1.29, 1.82) is 0 Å². The van der Waals surface area contributed by atoms with Gasteiger partial charge in [0.1, 0.15) is 11.6 Å². The number of fused-ring (bicyclic) bond motifs is 1. The van der Waals surface area contributed by atoms with E-state index in [1.807, 2.05) is 20.8 Å². The predicted molar refractivity (Wildman–Crippen MR) is 107 cm³/mol. The molecule has 27 heavy (non-hydrogen) atoms. The van der Waals surface area contributed by atoms with Crippen LogP contribution in [0.3, 0.4) is 0 Å². The van der Waals surface area contributed by atoms with Crippen LogP contribution in [0.25, 0.3) is 0 Å². The molecule has 2 heterocycles. The number of ether oxygens (including phenoxy) is 1. The molecule has 6 nitrogen and oxygen atoms in total. The summed E-state index contributed by atoms with van der Waals surface area (Å²) < 4.78 is 12.0. The zero-order chi connectivity index (χ0) is 20.6. The smallest absolute Gasteiger partial charge is 0.411 e. The Labute approximate surface area is 163 Å². The van der Waals surface area contributed by atoms with Gasteiger partial charge in [-0.15, -0.1) is 0 Å². The molecule has 0 saturated carbocycles. The van der Waals surface area contributed by atoms with Crippen LogP contribution in [0.15, 0.2) is 12.3 Å². The summed E-state index contributed by atoms with van der Waals surface area (Å²) in [5.74, 6) is 0. The molecule has 0 aliphatic carbocycles. The molecular weight excluding hydrogens is 360 g/mol. The Hall–Kier alpha value is -1.73. The number of carbonyl (C=O) groups excluding carboxylic acids is 2. The third-order valence-corrected chi connectivity index (χ3v) is 9.73. The first kappa shape index (κ1) is 21.6. The maximum absolute atomic E-state index is 12.8. The molecule has 1 atom stereocenters. The lowest BCUT2D eigenvalue weighted by Crippen LogP contribution is -2.44. The summed E-state index contributed by atoms with van der Waals surface area (Å²) in [4.78, 5) is 30.0. The Morgan fingerprint density at radius 1 is 1.30 bits per heavy atom. The lowest BCUT2D eigenvalue weighted by molar-refractivity contribution is 0.0114. The number of hydrogen-bond donors (Lipinski definition) is 0. The first-order valence-corrected chi connectivity index (χ1v) is 12.2. The minimum Gasteiger partial charge on any atom is -0.444 e. The number of carbonyl (C=O) groups is 2. The van der Waals surface area contributed by atoms with Crippen molar-refractivity contribution in [2.24, 2.45) is 0 Å². The Bertz CT molecular complexity index is 720. The largest absolute Gasteiger partial charge is 0.444 e. The fourth-order valence-corrected chi connectivity index (χ4v) is 3.66. The van der Waals surface area contributed by atoms with E-state index in [2.05, 4.69) is 38.8 Å². The Morgan fingerprint density at radius 2 is 1.93 bits per heavy atom. The number of rotatable bonds is 4. The average Bonchev–Trinajstić information content (AvgIpc) is 2.88. The van der Waals surface area contributed by atoms with Gasteiger partial charge in [0.2, 0.25) is 0 Å². The molecule has 0 N–H and O–H groups in total. The zero-order valence-electron chi connectivity index (χ0n) is 17.8. The molecule has 1 amide bonds. The summed E-state index contributed by atoms with van der Waals surface area (Å²) in [6, 6.07) is 1.48. The van der Waals surface area contributed by atoms with Gasteiger partial charge in [0.05, 0.1) is 18.8 Å². The van der Waals surface area contributed by atoms with E-state index in [-0.39, 0.29) is 11.1 Å². The van der Waals surface area contributed by atoms with E-state index < -0.39 is 20.0 Å². The molecule has 0 aromatic carbocycles. The van der Waals surface area contributed by atoms with Crippen molar-refractivity contribution in [1.82, 2.24) is 9.88 Å². The third kappa shape index (κ3) is 4.96. The highest BCUT2D eigenvalue weighted by Gasteiger charge is 2.42. The molecule has 1 unspecified atom stereocenters. The summed E-state index contributed by atoms with van der Waals surface area (Å²) in [7, 11) is -1.99. The van der Waals surface area contributed by atoms with Crippen LogP contribution in [-0.4, -0.2) is 42.8 Å². The van der Waals surface area contributed by atoms with Gasteiger partial charge in [0.25, 0.3) is 0 Å². The minimum absolute atomic E-state index is 0.0694. The van der Waals surface area contributed by atoms with Crippen LogP contribution in [0, 0.1) is 0 Å². The fourth-order valence-electron chi connectivity index (χ4n) is 2.66.